The van der Waals surface area contributed by atoms with Crippen molar-refractivity contribution >= 4 is 51.4 Å². The number of halogens is 1. The maximum Gasteiger partial charge on any atom is 0.261 e. The first-order valence-corrected chi connectivity index (χ1v) is 8.17. The highest BCUT2D eigenvalue weighted by Crippen LogP contribution is 2.23. The number of nitrogens with zero attached hydrogens (tertiary/aromatic N) is 1. The summed E-state index contributed by atoms with van der Waals surface area (Å²) in [6, 6.07) is 14.2. The van der Waals surface area contributed by atoms with E-state index < -0.39 is 5.91 Å². The van der Waals surface area contributed by atoms with Gasteiger partial charge >= 0.3 is 0 Å². The number of ether oxygens (including phenoxy) is 1. The number of amides is 1. The van der Waals surface area contributed by atoms with Crippen molar-refractivity contribution in [2.45, 2.75) is 0 Å². The molecule has 0 aliphatic rings. The molecule has 0 fully saturated rings. The van der Waals surface area contributed by atoms with E-state index >= 15 is 0 Å². The van der Waals surface area contributed by atoms with Crippen LogP contribution >= 0.6 is 23.8 Å². The number of hydrogen-bond acceptors (Lipinski definition) is 4. The summed E-state index contributed by atoms with van der Waals surface area (Å²) in [6.45, 7) is 0. The number of hydrogen-bond donors (Lipinski definition) is 2. The van der Waals surface area contributed by atoms with E-state index in [-0.39, 0.29) is 5.11 Å². The highest BCUT2D eigenvalue weighted by molar-refractivity contribution is 7.80. The number of anilines is 1. The predicted octanol–water partition coefficient (Wildman–Crippen LogP) is 4.02. The van der Waals surface area contributed by atoms with Gasteiger partial charge in [-0.3, -0.25) is 15.1 Å². The van der Waals surface area contributed by atoms with Crippen molar-refractivity contribution in [2.75, 3.05) is 12.4 Å². The second-order valence-corrected chi connectivity index (χ2v) is 5.97. The lowest BCUT2D eigenvalue weighted by Crippen LogP contribution is -2.34. The van der Waals surface area contributed by atoms with E-state index in [0.717, 1.165) is 16.6 Å². The summed E-state index contributed by atoms with van der Waals surface area (Å²) >= 11 is 11.2. The third kappa shape index (κ3) is 3.87. The molecule has 0 radical (unpaired) electrons. The predicted molar refractivity (Wildman–Crippen MR) is 103 cm³/mol. The zero-order chi connectivity index (χ0) is 17.8. The Labute approximate surface area is 155 Å². The molecule has 2 N–H and O–H groups in total. The van der Waals surface area contributed by atoms with Crippen LogP contribution in [-0.2, 0) is 0 Å². The maximum atomic E-state index is 12.5. The fraction of sp³-hybridized carbons (Fsp3) is 0.0556. The number of pyridine rings is 1. The second kappa shape index (κ2) is 7.46. The summed E-state index contributed by atoms with van der Waals surface area (Å²) < 4.78 is 5.19. The normalized spacial score (nSPS) is 10.3. The number of methoxy groups -OCH3 is 1. The molecule has 0 saturated heterocycles. The molecule has 7 heteroatoms. The molecule has 1 heterocycles. The molecule has 0 saturated carbocycles. The van der Waals surface area contributed by atoms with E-state index in [4.69, 9.17) is 28.6 Å². The van der Waals surface area contributed by atoms with E-state index in [1.54, 1.807) is 18.3 Å². The molecule has 2 aromatic carbocycles. The van der Waals surface area contributed by atoms with Gasteiger partial charge in [-0.1, -0.05) is 17.7 Å². The van der Waals surface area contributed by atoms with Gasteiger partial charge < -0.3 is 10.1 Å². The van der Waals surface area contributed by atoms with Gasteiger partial charge in [0.2, 0.25) is 0 Å². The number of carbonyl (C=O) groups excluding carboxylic acids is 1. The van der Waals surface area contributed by atoms with Gasteiger partial charge in [0.05, 0.1) is 18.2 Å². The lowest BCUT2D eigenvalue weighted by atomic mass is 10.2. The SMILES string of the molecule is COc1ccc(Cl)cc1C(=O)NC(=S)Nc1cccc2ncccc12. The van der Waals surface area contributed by atoms with Crippen molar-refractivity contribution in [3.8, 4) is 5.75 Å². The maximum absolute atomic E-state index is 12.5. The van der Waals surface area contributed by atoms with E-state index in [9.17, 15) is 4.79 Å². The van der Waals surface area contributed by atoms with Crippen LogP contribution in [0.3, 0.4) is 0 Å². The zero-order valence-corrected chi connectivity index (χ0v) is 14.8. The molecule has 3 rings (SSSR count). The average molecular weight is 372 g/mol. The fourth-order valence-corrected chi connectivity index (χ4v) is 2.77. The standard InChI is InChI=1S/C18H14ClN3O2S/c1-24-16-8-7-11(19)10-13(16)17(23)22-18(25)21-15-6-2-5-14-12(15)4-3-9-20-14/h2-10H,1H3,(H2,21,22,23,25). The second-order valence-electron chi connectivity index (χ2n) is 5.13. The Hall–Kier alpha value is -2.70. The Morgan fingerprint density at radius 1 is 1.20 bits per heavy atom. The minimum atomic E-state index is -0.407. The average Bonchev–Trinajstić information content (AvgIpc) is 2.62. The van der Waals surface area contributed by atoms with Crippen molar-refractivity contribution in [1.82, 2.24) is 10.3 Å². The molecule has 5 nitrogen and oxygen atoms in total. The van der Waals surface area contributed by atoms with Crippen LogP contribution in [0, 0.1) is 0 Å². The van der Waals surface area contributed by atoms with Gasteiger partial charge in [-0.25, -0.2) is 0 Å². The summed E-state index contributed by atoms with van der Waals surface area (Å²) in [6.07, 6.45) is 1.72. The van der Waals surface area contributed by atoms with Crippen LogP contribution < -0.4 is 15.4 Å². The van der Waals surface area contributed by atoms with Gasteiger partial charge in [0.25, 0.3) is 5.91 Å². The quantitative estimate of drug-likeness (QED) is 0.681. The van der Waals surface area contributed by atoms with Gasteiger partial charge in [0, 0.05) is 22.3 Å². The number of rotatable bonds is 3. The molecule has 0 atom stereocenters. The Bertz CT molecular complexity index is 957. The zero-order valence-electron chi connectivity index (χ0n) is 13.2. The minimum absolute atomic E-state index is 0.170. The summed E-state index contributed by atoms with van der Waals surface area (Å²) in [4.78, 5) is 16.7. The van der Waals surface area contributed by atoms with Crippen LogP contribution in [0.4, 0.5) is 5.69 Å². The highest BCUT2D eigenvalue weighted by atomic mass is 35.5. The Kier molecular flexibility index (Phi) is 5.11. The van der Waals surface area contributed by atoms with Crippen LogP contribution in [0.25, 0.3) is 10.9 Å². The van der Waals surface area contributed by atoms with Crippen LogP contribution in [0.5, 0.6) is 5.75 Å². The molecule has 0 aliphatic heterocycles. The molecular weight excluding hydrogens is 358 g/mol. The molecule has 1 aromatic heterocycles. The number of carbonyl (C=O) groups is 1. The third-order valence-corrected chi connectivity index (χ3v) is 3.97. The molecule has 1 amide bonds. The number of fused-ring (bicyclic) bond motifs is 1. The molecule has 0 spiro atoms. The van der Waals surface area contributed by atoms with Crippen LogP contribution in [0.1, 0.15) is 10.4 Å². The summed E-state index contributed by atoms with van der Waals surface area (Å²) in [7, 11) is 1.49. The van der Waals surface area contributed by atoms with Gasteiger partial charge in [0.1, 0.15) is 5.75 Å². The number of nitrogens with one attached hydrogen (secondary N) is 2. The number of benzene rings is 2. The van der Waals surface area contributed by atoms with Gasteiger partial charge in [-0.2, -0.15) is 0 Å². The van der Waals surface area contributed by atoms with Gasteiger partial charge in [-0.05, 0) is 54.7 Å². The third-order valence-electron chi connectivity index (χ3n) is 3.53. The Morgan fingerprint density at radius 2 is 2.04 bits per heavy atom. The number of thiocarbonyl (C=S) groups is 1. The molecule has 25 heavy (non-hydrogen) atoms. The first-order valence-electron chi connectivity index (χ1n) is 7.38. The Balaban J connectivity index is 1.78. The highest BCUT2D eigenvalue weighted by Gasteiger charge is 2.14. The smallest absolute Gasteiger partial charge is 0.261 e. The minimum Gasteiger partial charge on any atom is -0.496 e. The van der Waals surface area contributed by atoms with Crippen molar-refractivity contribution in [2.24, 2.45) is 0 Å². The van der Waals surface area contributed by atoms with Crippen molar-refractivity contribution in [3.63, 3.8) is 0 Å². The molecule has 126 valence electrons. The lowest BCUT2D eigenvalue weighted by Gasteiger charge is -2.13. The van der Waals surface area contributed by atoms with Crippen LogP contribution in [0.15, 0.2) is 54.7 Å². The van der Waals surface area contributed by atoms with E-state index in [1.807, 2.05) is 30.3 Å². The van der Waals surface area contributed by atoms with Crippen LogP contribution in [0.2, 0.25) is 5.02 Å². The molecule has 3 aromatic rings. The largest absolute Gasteiger partial charge is 0.496 e. The molecule has 0 aliphatic carbocycles. The van der Waals surface area contributed by atoms with Crippen molar-refractivity contribution in [3.05, 3.63) is 65.3 Å². The fourth-order valence-electron chi connectivity index (χ4n) is 2.39. The lowest BCUT2D eigenvalue weighted by molar-refractivity contribution is 0.0975. The van der Waals surface area contributed by atoms with E-state index in [0.29, 0.717) is 16.3 Å². The van der Waals surface area contributed by atoms with E-state index in [2.05, 4.69) is 15.6 Å². The molecule has 0 bridgehead atoms. The summed E-state index contributed by atoms with van der Waals surface area (Å²) in [5, 5.41) is 7.17. The Morgan fingerprint density at radius 3 is 2.84 bits per heavy atom. The topological polar surface area (TPSA) is 63.2 Å². The molecule has 0 unspecified atom stereocenters. The van der Waals surface area contributed by atoms with Crippen molar-refractivity contribution < 1.29 is 9.53 Å². The number of aromatic nitrogens is 1. The van der Waals surface area contributed by atoms with Gasteiger partial charge in [0.15, 0.2) is 5.11 Å². The first kappa shape index (κ1) is 17.1. The first-order chi connectivity index (χ1) is 12.1. The van der Waals surface area contributed by atoms with E-state index in [1.165, 1.54) is 13.2 Å². The van der Waals surface area contributed by atoms with Crippen LogP contribution in [-0.4, -0.2) is 23.1 Å². The molecular formula is C18H14ClN3O2S. The monoisotopic (exact) mass is 371 g/mol. The van der Waals surface area contributed by atoms with Gasteiger partial charge in [-0.15, -0.1) is 0 Å². The summed E-state index contributed by atoms with van der Waals surface area (Å²) in [5.41, 5.74) is 1.89. The van der Waals surface area contributed by atoms with Crippen molar-refractivity contribution in [1.29, 1.82) is 0 Å². The summed E-state index contributed by atoms with van der Waals surface area (Å²) in [5.74, 6) is 0.00859.